The van der Waals surface area contributed by atoms with Gasteiger partial charge in [-0.1, -0.05) is 48.1 Å². The van der Waals surface area contributed by atoms with Gasteiger partial charge in [-0.15, -0.1) is 0 Å². The second kappa shape index (κ2) is 9.28. The van der Waals surface area contributed by atoms with Crippen molar-refractivity contribution in [3.63, 3.8) is 0 Å². The van der Waals surface area contributed by atoms with Crippen molar-refractivity contribution in [3.05, 3.63) is 59.3 Å². The van der Waals surface area contributed by atoms with Crippen LogP contribution in [0.4, 0.5) is 0 Å². The molecule has 0 aliphatic rings. The molecule has 0 aromatic carbocycles. The molecule has 0 radical (unpaired) electrons. The first-order chi connectivity index (χ1) is 8.10. The maximum absolute atomic E-state index is 10.3. The zero-order valence-electron chi connectivity index (χ0n) is 10.5. The summed E-state index contributed by atoms with van der Waals surface area (Å²) in [7, 11) is 0. The first-order valence-corrected chi connectivity index (χ1v) is 5.37. The second-order valence-corrected chi connectivity index (χ2v) is 3.71. The molecule has 2 heteroatoms. The minimum Gasteiger partial charge on any atom is -0.298 e. The Kier molecular flexibility index (Phi) is 8.21. The van der Waals surface area contributed by atoms with Crippen molar-refractivity contribution < 1.29 is 9.59 Å². The van der Waals surface area contributed by atoms with Crippen LogP contribution in [0.25, 0.3) is 0 Å². The molecule has 0 unspecified atom stereocenters. The summed E-state index contributed by atoms with van der Waals surface area (Å²) in [5.74, 6) is 0. The summed E-state index contributed by atoms with van der Waals surface area (Å²) < 4.78 is 0. The Morgan fingerprint density at radius 2 is 1.06 bits per heavy atom. The van der Waals surface area contributed by atoms with Gasteiger partial charge in [0.15, 0.2) is 0 Å². The van der Waals surface area contributed by atoms with Crippen LogP contribution in [0.1, 0.15) is 20.8 Å². The van der Waals surface area contributed by atoms with Crippen LogP contribution in [0.2, 0.25) is 0 Å². The Bertz CT molecular complexity index is 405. The van der Waals surface area contributed by atoms with Crippen molar-refractivity contribution in [1.82, 2.24) is 0 Å². The summed E-state index contributed by atoms with van der Waals surface area (Å²) in [5, 5.41) is 0. The summed E-state index contributed by atoms with van der Waals surface area (Å²) in [5.41, 5.74) is 2.44. The monoisotopic (exact) mass is 230 g/mol. The fourth-order valence-corrected chi connectivity index (χ4v) is 0.900. The van der Waals surface area contributed by atoms with E-state index in [0.717, 1.165) is 18.1 Å². The number of allylic oxidation sites excluding steroid dienone is 10. The number of rotatable bonds is 6. The topological polar surface area (TPSA) is 34.1 Å². The molecule has 0 rings (SSSR count). The predicted molar refractivity (Wildman–Crippen MR) is 71.7 cm³/mol. The normalized spacial score (nSPS) is 14.6. The molecule has 0 aromatic rings. The fraction of sp³-hybridized carbons (Fsp3) is 0.200. The third-order valence-corrected chi connectivity index (χ3v) is 1.92. The Morgan fingerprint density at radius 1 is 0.647 bits per heavy atom. The molecular weight excluding hydrogens is 212 g/mol. The van der Waals surface area contributed by atoms with Crippen molar-refractivity contribution in [2.75, 3.05) is 0 Å². The number of carbonyl (C=O) groups excluding carboxylic acids is 2. The maximum Gasteiger partial charge on any atom is 0.145 e. The highest BCUT2D eigenvalue weighted by Crippen LogP contribution is 1.98. The first kappa shape index (κ1) is 15.0. The molecule has 0 fully saturated rings. The molecular formula is C15H18O2. The van der Waals surface area contributed by atoms with Crippen LogP contribution in [-0.4, -0.2) is 12.6 Å². The molecule has 17 heavy (non-hydrogen) atoms. The molecule has 0 aromatic heterocycles. The Hall–Kier alpha value is -1.96. The molecule has 0 N–H and O–H groups in total. The molecule has 0 amide bonds. The van der Waals surface area contributed by atoms with Crippen LogP contribution >= 0.6 is 0 Å². The van der Waals surface area contributed by atoms with Gasteiger partial charge in [0, 0.05) is 0 Å². The van der Waals surface area contributed by atoms with Gasteiger partial charge in [-0.2, -0.15) is 0 Å². The van der Waals surface area contributed by atoms with E-state index in [-0.39, 0.29) is 0 Å². The Balaban J connectivity index is 4.37. The van der Waals surface area contributed by atoms with E-state index in [4.69, 9.17) is 0 Å². The third kappa shape index (κ3) is 9.00. The van der Waals surface area contributed by atoms with Crippen LogP contribution in [0.5, 0.6) is 0 Å². The van der Waals surface area contributed by atoms with Crippen LogP contribution in [0.15, 0.2) is 59.3 Å². The lowest BCUT2D eigenvalue weighted by Gasteiger charge is -1.87. The van der Waals surface area contributed by atoms with E-state index in [2.05, 4.69) is 0 Å². The summed E-state index contributed by atoms with van der Waals surface area (Å²) in [6, 6.07) is 0. The predicted octanol–water partition coefficient (Wildman–Crippen LogP) is 3.34. The van der Waals surface area contributed by atoms with Gasteiger partial charge in [0.25, 0.3) is 0 Å². The lowest BCUT2D eigenvalue weighted by molar-refractivity contribution is -0.105. The van der Waals surface area contributed by atoms with E-state index in [0.29, 0.717) is 11.1 Å². The van der Waals surface area contributed by atoms with Gasteiger partial charge in [-0.25, -0.2) is 0 Å². The zero-order valence-corrected chi connectivity index (χ0v) is 10.5. The molecule has 0 saturated carbocycles. The van der Waals surface area contributed by atoms with Crippen molar-refractivity contribution in [2.45, 2.75) is 20.8 Å². The average Bonchev–Trinajstić information content (AvgIpc) is 2.33. The van der Waals surface area contributed by atoms with E-state index < -0.39 is 0 Å². The Morgan fingerprint density at radius 3 is 1.53 bits per heavy atom. The minimum absolute atomic E-state index is 0.687. The minimum atomic E-state index is 0.687. The van der Waals surface area contributed by atoms with Crippen molar-refractivity contribution >= 4 is 12.6 Å². The lowest BCUT2D eigenvalue weighted by Crippen LogP contribution is -1.73. The van der Waals surface area contributed by atoms with Gasteiger partial charge in [-0.3, -0.25) is 9.59 Å². The maximum atomic E-state index is 10.3. The summed E-state index contributed by atoms with van der Waals surface area (Å²) in [6.07, 6.45) is 14.5. The van der Waals surface area contributed by atoms with Gasteiger partial charge in [0.05, 0.1) is 0 Å². The van der Waals surface area contributed by atoms with Crippen molar-refractivity contribution in [2.24, 2.45) is 0 Å². The number of aldehydes is 2. The SMILES string of the molecule is C\C(C=O)=C/C=C/C=C(C)/C=C/C=C(\C)C=O. The van der Waals surface area contributed by atoms with Gasteiger partial charge < -0.3 is 0 Å². The van der Waals surface area contributed by atoms with Crippen LogP contribution in [0.3, 0.4) is 0 Å². The fourth-order valence-electron chi connectivity index (χ4n) is 0.900. The summed E-state index contributed by atoms with van der Waals surface area (Å²) in [4.78, 5) is 20.6. The lowest BCUT2D eigenvalue weighted by atomic mass is 10.2. The highest BCUT2D eigenvalue weighted by atomic mass is 16.1. The number of hydrogen-bond donors (Lipinski definition) is 0. The van der Waals surface area contributed by atoms with Crippen LogP contribution < -0.4 is 0 Å². The third-order valence-electron chi connectivity index (χ3n) is 1.92. The van der Waals surface area contributed by atoms with Gasteiger partial charge in [-0.05, 0) is 31.9 Å². The molecule has 0 atom stereocenters. The summed E-state index contributed by atoms with van der Waals surface area (Å²) in [6.45, 7) is 5.46. The quantitative estimate of drug-likeness (QED) is 0.398. The second-order valence-electron chi connectivity index (χ2n) is 3.71. The highest BCUT2D eigenvalue weighted by Gasteiger charge is 1.81. The van der Waals surface area contributed by atoms with E-state index >= 15 is 0 Å². The molecule has 0 spiro atoms. The van der Waals surface area contributed by atoms with E-state index in [9.17, 15) is 9.59 Å². The molecule has 0 aliphatic carbocycles. The van der Waals surface area contributed by atoms with Gasteiger partial charge in [0.2, 0.25) is 0 Å². The van der Waals surface area contributed by atoms with E-state index in [1.165, 1.54) is 0 Å². The van der Waals surface area contributed by atoms with Gasteiger partial charge in [0.1, 0.15) is 12.6 Å². The zero-order chi connectivity index (χ0) is 13.1. The molecule has 0 heterocycles. The number of hydrogen-bond acceptors (Lipinski definition) is 2. The molecule has 90 valence electrons. The van der Waals surface area contributed by atoms with Crippen molar-refractivity contribution in [1.29, 1.82) is 0 Å². The molecule has 0 saturated heterocycles. The molecule has 0 bridgehead atoms. The summed E-state index contributed by atoms with van der Waals surface area (Å²) >= 11 is 0. The average molecular weight is 230 g/mol. The van der Waals surface area contributed by atoms with Crippen molar-refractivity contribution in [3.8, 4) is 0 Å². The standard InChI is InChI=1S/C15H18O2/c1-13(9-6-10-15(3)12-17)7-4-5-8-14(2)11-16/h4-12H,1-3H3/b5-4+,9-6+,13-7+,14-8+,15-10+. The smallest absolute Gasteiger partial charge is 0.145 e. The first-order valence-electron chi connectivity index (χ1n) is 5.37. The van der Waals surface area contributed by atoms with Crippen LogP contribution in [-0.2, 0) is 9.59 Å². The van der Waals surface area contributed by atoms with Crippen LogP contribution in [0, 0.1) is 0 Å². The Labute approximate surface area is 103 Å². The highest BCUT2D eigenvalue weighted by molar-refractivity contribution is 5.73. The van der Waals surface area contributed by atoms with Gasteiger partial charge >= 0.3 is 0 Å². The largest absolute Gasteiger partial charge is 0.298 e. The van der Waals surface area contributed by atoms with E-state index in [1.807, 2.05) is 37.3 Å². The number of carbonyl (C=O) groups is 2. The van der Waals surface area contributed by atoms with E-state index in [1.54, 1.807) is 26.0 Å². The molecule has 0 aliphatic heterocycles. The molecule has 2 nitrogen and oxygen atoms in total.